The van der Waals surface area contributed by atoms with Gasteiger partial charge < -0.3 is 10.0 Å². The van der Waals surface area contributed by atoms with Gasteiger partial charge in [-0.05, 0) is 55.5 Å². The molecule has 0 saturated carbocycles. The molecule has 3 aromatic rings. The van der Waals surface area contributed by atoms with Crippen LogP contribution in [0.3, 0.4) is 0 Å². The molecule has 1 N–H and O–H groups in total. The fourth-order valence-electron chi connectivity index (χ4n) is 4.72. The number of fused-ring (bicyclic) bond motifs is 2. The Labute approximate surface area is 223 Å². The number of hydrogen-bond donors (Lipinski definition) is 1. The number of pyridine rings is 1. The van der Waals surface area contributed by atoms with E-state index in [0.717, 1.165) is 18.5 Å². The predicted octanol–water partition coefficient (Wildman–Crippen LogP) is 4.63. The average molecular weight is 535 g/mol. The van der Waals surface area contributed by atoms with Crippen molar-refractivity contribution in [2.75, 3.05) is 18.0 Å². The van der Waals surface area contributed by atoms with Crippen molar-refractivity contribution in [2.45, 2.75) is 38.5 Å². The number of aryl methyl sites for hydroxylation is 1. The van der Waals surface area contributed by atoms with Gasteiger partial charge in [-0.25, -0.2) is 4.98 Å². The highest BCUT2D eigenvalue weighted by atomic mass is 32.2. The van der Waals surface area contributed by atoms with E-state index in [0.29, 0.717) is 58.6 Å². The molecule has 5 rings (SSSR count). The third kappa shape index (κ3) is 5.17. The Morgan fingerprint density at radius 1 is 1.11 bits per heavy atom. The minimum atomic E-state index is -0.823. The van der Waals surface area contributed by atoms with Crippen LogP contribution in [0, 0.1) is 0 Å². The van der Waals surface area contributed by atoms with Crippen molar-refractivity contribution in [1.82, 2.24) is 14.3 Å². The Hall–Kier alpha value is -3.50. The van der Waals surface area contributed by atoms with Gasteiger partial charge in [0.2, 0.25) is 0 Å². The van der Waals surface area contributed by atoms with Crippen molar-refractivity contribution in [2.24, 2.45) is 0 Å². The van der Waals surface area contributed by atoms with Crippen molar-refractivity contribution in [1.29, 1.82) is 0 Å². The van der Waals surface area contributed by atoms with Crippen LogP contribution in [0.4, 0.5) is 11.5 Å². The molecule has 0 aliphatic carbocycles. The van der Waals surface area contributed by atoms with Crippen LogP contribution in [-0.2, 0) is 16.0 Å². The Morgan fingerprint density at radius 3 is 2.76 bits per heavy atom. The first kappa shape index (κ1) is 25.2. The number of hydrogen-bond acceptors (Lipinski definition) is 7. The van der Waals surface area contributed by atoms with Crippen LogP contribution >= 0.6 is 24.0 Å². The van der Waals surface area contributed by atoms with Gasteiger partial charge in [0.05, 0.1) is 10.5 Å². The molecule has 0 unspecified atom stereocenters. The van der Waals surface area contributed by atoms with Gasteiger partial charge in [-0.15, -0.1) is 0 Å². The fraction of sp³-hybridized carbons (Fsp3) is 0.296. The summed E-state index contributed by atoms with van der Waals surface area (Å²) >= 11 is 6.65. The van der Waals surface area contributed by atoms with Gasteiger partial charge in [-0.1, -0.05) is 54.7 Å². The third-order valence-corrected chi connectivity index (χ3v) is 7.91. The summed E-state index contributed by atoms with van der Waals surface area (Å²) in [7, 11) is 0. The molecule has 10 heteroatoms. The molecule has 8 nitrogen and oxygen atoms in total. The summed E-state index contributed by atoms with van der Waals surface area (Å²) < 4.78 is 1.93. The molecule has 190 valence electrons. The minimum Gasteiger partial charge on any atom is -0.481 e. The average Bonchev–Trinajstić information content (AvgIpc) is 3.17. The maximum Gasteiger partial charge on any atom is 0.303 e. The lowest BCUT2D eigenvalue weighted by atomic mass is 10.0. The van der Waals surface area contributed by atoms with Gasteiger partial charge in [0.25, 0.3) is 11.5 Å². The minimum absolute atomic E-state index is 0.111. The second-order valence-electron chi connectivity index (χ2n) is 9.00. The first-order valence-corrected chi connectivity index (χ1v) is 13.5. The molecule has 1 amide bonds. The molecule has 0 atom stereocenters. The normalized spacial score (nSPS) is 16.6. The number of carbonyl (C=O) groups excluding carboxylic acids is 1. The number of thiocarbonyl (C=S) groups is 1. The quantitative estimate of drug-likeness (QED) is 0.254. The van der Waals surface area contributed by atoms with Crippen molar-refractivity contribution in [3.63, 3.8) is 0 Å². The lowest BCUT2D eigenvalue weighted by molar-refractivity contribution is -0.137. The molecule has 37 heavy (non-hydrogen) atoms. The maximum atomic E-state index is 13.7. The fourth-order valence-corrected chi connectivity index (χ4v) is 6.01. The molecule has 1 fully saturated rings. The van der Waals surface area contributed by atoms with Crippen LogP contribution in [0.2, 0.25) is 0 Å². The van der Waals surface area contributed by atoms with Gasteiger partial charge in [-0.3, -0.25) is 23.7 Å². The number of benzene rings is 1. The topological polar surface area (TPSA) is 95.2 Å². The van der Waals surface area contributed by atoms with Crippen LogP contribution in [0.1, 0.15) is 43.2 Å². The van der Waals surface area contributed by atoms with Crippen LogP contribution in [0.15, 0.2) is 58.4 Å². The molecular weight excluding hydrogens is 508 g/mol. The van der Waals surface area contributed by atoms with E-state index in [4.69, 9.17) is 22.3 Å². The summed E-state index contributed by atoms with van der Waals surface area (Å²) in [6.07, 6.45) is 7.21. The summed E-state index contributed by atoms with van der Waals surface area (Å²) in [6.45, 7) is 1.13. The van der Waals surface area contributed by atoms with Gasteiger partial charge >= 0.3 is 5.97 Å². The van der Waals surface area contributed by atoms with Crippen molar-refractivity contribution >= 4 is 63.4 Å². The van der Waals surface area contributed by atoms with Crippen LogP contribution in [0.25, 0.3) is 11.7 Å². The molecule has 4 heterocycles. The van der Waals surface area contributed by atoms with Crippen molar-refractivity contribution in [3.8, 4) is 0 Å². The molecular formula is C27H26N4O4S2. The molecule has 2 aliphatic heterocycles. The first-order chi connectivity index (χ1) is 17.9. The van der Waals surface area contributed by atoms with Gasteiger partial charge in [0.15, 0.2) is 0 Å². The van der Waals surface area contributed by atoms with E-state index in [1.165, 1.54) is 26.6 Å². The number of thioether (sulfide) groups is 1. The monoisotopic (exact) mass is 534 g/mol. The number of nitrogens with zero attached hydrogens (tertiary/aromatic N) is 4. The molecule has 0 radical (unpaired) electrons. The summed E-state index contributed by atoms with van der Waals surface area (Å²) in [4.78, 5) is 46.6. The van der Waals surface area contributed by atoms with Crippen molar-refractivity contribution < 1.29 is 14.7 Å². The summed E-state index contributed by atoms with van der Waals surface area (Å²) in [5.74, 6) is -0.533. The standard InChI is InChI=1S/C27H26N4O4S2/c32-23(33)13-2-1-6-15-31-26(35)21(37-27(31)36)17-19-24(28-22-12-5-7-14-30(22)25(19)34)29-16-8-10-18-9-3-4-11-20(18)29/h3-5,7,9,11-12,14,17H,1-2,6,8,10,13,15-16H2,(H,32,33)/b21-17-. The number of anilines is 2. The predicted molar refractivity (Wildman–Crippen MR) is 149 cm³/mol. The van der Waals surface area contributed by atoms with Gasteiger partial charge in [0, 0.05) is 31.4 Å². The Bertz CT molecular complexity index is 1480. The number of unbranched alkanes of at least 4 members (excludes halogenated alkanes) is 2. The summed E-state index contributed by atoms with van der Waals surface area (Å²) in [5.41, 5.74) is 2.86. The number of aromatic nitrogens is 2. The number of amides is 1. The highest BCUT2D eigenvalue weighted by molar-refractivity contribution is 8.26. The van der Waals surface area contributed by atoms with Crippen LogP contribution in [-0.4, -0.2) is 48.7 Å². The van der Waals surface area contributed by atoms with E-state index in [1.807, 2.05) is 24.3 Å². The van der Waals surface area contributed by atoms with E-state index in [9.17, 15) is 14.4 Å². The number of carboxylic acids is 1. The number of rotatable bonds is 8. The number of carboxylic acid groups (broad SMARTS) is 1. The summed E-state index contributed by atoms with van der Waals surface area (Å²) in [5, 5.41) is 8.81. The van der Waals surface area contributed by atoms with E-state index in [-0.39, 0.29) is 17.9 Å². The van der Waals surface area contributed by atoms with Crippen LogP contribution in [0.5, 0.6) is 0 Å². The molecule has 1 saturated heterocycles. The van der Waals surface area contributed by atoms with E-state index in [2.05, 4.69) is 11.0 Å². The zero-order chi connectivity index (χ0) is 25.9. The highest BCUT2D eigenvalue weighted by Gasteiger charge is 2.33. The summed E-state index contributed by atoms with van der Waals surface area (Å²) in [6, 6.07) is 13.5. The molecule has 0 spiro atoms. The zero-order valence-corrected chi connectivity index (χ0v) is 21.8. The first-order valence-electron chi connectivity index (χ1n) is 12.3. The van der Waals surface area contributed by atoms with E-state index in [1.54, 1.807) is 24.4 Å². The second kappa shape index (κ2) is 10.9. The SMILES string of the molecule is O=C(O)CCCCCN1C(=O)/C(=C/c2c(N3CCCc4ccccc43)nc3ccccn3c2=O)SC1=S. The number of aliphatic carboxylic acids is 1. The van der Waals surface area contributed by atoms with E-state index < -0.39 is 5.97 Å². The number of para-hydroxylation sites is 1. The molecule has 2 aliphatic rings. The Balaban J connectivity index is 1.51. The van der Waals surface area contributed by atoms with Gasteiger partial charge in [-0.2, -0.15) is 0 Å². The lowest BCUT2D eigenvalue weighted by Crippen LogP contribution is -2.30. The third-order valence-electron chi connectivity index (χ3n) is 6.54. The Morgan fingerprint density at radius 2 is 1.92 bits per heavy atom. The zero-order valence-electron chi connectivity index (χ0n) is 20.1. The highest BCUT2D eigenvalue weighted by Crippen LogP contribution is 2.37. The smallest absolute Gasteiger partial charge is 0.303 e. The lowest BCUT2D eigenvalue weighted by Gasteiger charge is -2.31. The maximum absolute atomic E-state index is 13.7. The second-order valence-corrected chi connectivity index (χ2v) is 10.7. The van der Waals surface area contributed by atoms with Crippen molar-refractivity contribution in [3.05, 3.63) is 75.0 Å². The largest absolute Gasteiger partial charge is 0.481 e. The van der Waals surface area contributed by atoms with E-state index >= 15 is 0 Å². The molecule has 0 bridgehead atoms. The molecule has 1 aromatic carbocycles. The number of carbonyl (C=O) groups is 2. The van der Waals surface area contributed by atoms with Crippen LogP contribution < -0.4 is 10.5 Å². The van der Waals surface area contributed by atoms with Gasteiger partial charge in [0.1, 0.15) is 15.8 Å². The molecule has 2 aromatic heterocycles. The Kier molecular flexibility index (Phi) is 7.38.